The Morgan fingerprint density at radius 2 is 2.25 bits per heavy atom. The predicted molar refractivity (Wildman–Crippen MR) is 69.2 cm³/mol. The molecule has 2 aromatic heterocycles. The van der Waals surface area contributed by atoms with Gasteiger partial charge in [0.2, 0.25) is 5.78 Å². The fourth-order valence-electron chi connectivity index (χ4n) is 2.68. The van der Waals surface area contributed by atoms with E-state index in [1.54, 1.807) is 22.9 Å². The molecule has 0 aromatic carbocycles. The highest BCUT2D eigenvalue weighted by molar-refractivity contribution is 5.97. The molecular formula is C13H14N4O3. The van der Waals surface area contributed by atoms with Gasteiger partial charge in [-0.25, -0.2) is 14.8 Å². The summed E-state index contributed by atoms with van der Waals surface area (Å²) in [5.41, 5.74) is -0.983. The lowest BCUT2D eigenvalue weighted by atomic mass is 9.69. The summed E-state index contributed by atoms with van der Waals surface area (Å²) < 4.78 is 1.62. The van der Waals surface area contributed by atoms with Crippen molar-refractivity contribution in [3.05, 3.63) is 30.4 Å². The predicted octanol–water partition coefficient (Wildman–Crippen LogP) is 0.712. The van der Waals surface area contributed by atoms with Crippen molar-refractivity contribution in [1.29, 1.82) is 0 Å². The monoisotopic (exact) mass is 274 g/mol. The van der Waals surface area contributed by atoms with E-state index in [0.717, 1.165) is 0 Å². The number of rotatable bonds is 3. The lowest BCUT2D eigenvalue weighted by Gasteiger charge is -2.43. The largest absolute Gasteiger partial charge is 0.480 e. The minimum Gasteiger partial charge on any atom is -0.480 e. The molecule has 2 aromatic rings. The number of carboxylic acids is 1. The normalized spacial score (nSPS) is 25.1. The van der Waals surface area contributed by atoms with Crippen LogP contribution in [0.2, 0.25) is 0 Å². The van der Waals surface area contributed by atoms with Crippen molar-refractivity contribution in [2.75, 3.05) is 0 Å². The van der Waals surface area contributed by atoms with E-state index >= 15 is 0 Å². The number of hydrogen-bond donors (Lipinski definition) is 2. The maximum absolute atomic E-state index is 12.2. The van der Waals surface area contributed by atoms with Crippen molar-refractivity contribution in [2.45, 2.75) is 25.3 Å². The number of nitrogens with one attached hydrogen (secondary N) is 1. The summed E-state index contributed by atoms with van der Waals surface area (Å²) in [6.07, 6.45) is 5.73. The van der Waals surface area contributed by atoms with Crippen molar-refractivity contribution < 1.29 is 14.7 Å². The minimum absolute atomic E-state index is 0.170. The van der Waals surface area contributed by atoms with Gasteiger partial charge < -0.3 is 10.4 Å². The second-order valence-electron chi connectivity index (χ2n) is 5.31. The average molecular weight is 274 g/mol. The third-order valence-electron chi connectivity index (χ3n) is 3.62. The number of carbonyl (C=O) groups is 2. The van der Waals surface area contributed by atoms with E-state index in [2.05, 4.69) is 15.3 Å². The number of amides is 1. The number of nitrogens with zero attached hydrogens (tertiary/aromatic N) is 3. The second kappa shape index (κ2) is 4.29. The van der Waals surface area contributed by atoms with E-state index in [1.165, 1.54) is 6.20 Å². The summed E-state index contributed by atoms with van der Waals surface area (Å²) in [6.45, 7) is 1.96. The Morgan fingerprint density at radius 1 is 1.50 bits per heavy atom. The van der Waals surface area contributed by atoms with E-state index in [9.17, 15) is 14.7 Å². The molecular weight excluding hydrogens is 260 g/mol. The summed E-state index contributed by atoms with van der Waals surface area (Å²) in [5.74, 6) is -0.770. The molecule has 2 N–H and O–H groups in total. The quantitative estimate of drug-likeness (QED) is 0.859. The van der Waals surface area contributed by atoms with Gasteiger partial charge >= 0.3 is 5.97 Å². The topological polar surface area (TPSA) is 96.6 Å². The van der Waals surface area contributed by atoms with Crippen LogP contribution in [0, 0.1) is 5.92 Å². The van der Waals surface area contributed by atoms with Crippen LogP contribution in [0.1, 0.15) is 30.3 Å². The Morgan fingerprint density at radius 3 is 2.85 bits per heavy atom. The van der Waals surface area contributed by atoms with Gasteiger partial charge in [0, 0.05) is 18.6 Å². The standard InChI is InChI=1S/C13H14N4O3/c1-8-5-13(6-8,11(19)20)16-10(18)9-7-17-4-2-3-14-12(17)15-9/h2-4,7-8H,5-6H2,1H3,(H,16,18)(H,19,20). The number of fused-ring (bicyclic) bond motifs is 1. The molecule has 2 heterocycles. The van der Waals surface area contributed by atoms with Crippen molar-refractivity contribution in [3.63, 3.8) is 0 Å². The summed E-state index contributed by atoms with van der Waals surface area (Å²) in [5, 5.41) is 11.9. The van der Waals surface area contributed by atoms with Crippen LogP contribution in [0.25, 0.3) is 5.78 Å². The molecule has 7 heteroatoms. The molecule has 0 saturated heterocycles. The fraction of sp³-hybridized carbons (Fsp3) is 0.385. The number of carboxylic acid groups (broad SMARTS) is 1. The highest BCUT2D eigenvalue weighted by Gasteiger charge is 2.50. The van der Waals surface area contributed by atoms with E-state index in [1.807, 2.05) is 6.92 Å². The lowest BCUT2D eigenvalue weighted by Crippen LogP contribution is -2.62. The average Bonchev–Trinajstić information content (AvgIpc) is 2.80. The highest BCUT2D eigenvalue weighted by Crippen LogP contribution is 2.37. The van der Waals surface area contributed by atoms with Gasteiger partial charge in [-0.05, 0) is 24.8 Å². The van der Waals surface area contributed by atoms with Crippen LogP contribution < -0.4 is 5.32 Å². The molecule has 0 atom stereocenters. The number of aromatic nitrogens is 3. The lowest BCUT2D eigenvalue weighted by molar-refractivity contribution is -0.150. The Kier molecular flexibility index (Phi) is 2.70. The Bertz CT molecular complexity index is 655. The van der Waals surface area contributed by atoms with Gasteiger partial charge in [-0.15, -0.1) is 0 Å². The molecule has 1 aliphatic carbocycles. The first-order valence-electron chi connectivity index (χ1n) is 6.36. The minimum atomic E-state index is -1.15. The van der Waals surface area contributed by atoms with Gasteiger partial charge in [-0.3, -0.25) is 9.20 Å². The van der Waals surface area contributed by atoms with Gasteiger partial charge in [0.1, 0.15) is 11.2 Å². The van der Waals surface area contributed by atoms with Crippen LogP contribution in [0.3, 0.4) is 0 Å². The van der Waals surface area contributed by atoms with Gasteiger partial charge in [0.25, 0.3) is 5.91 Å². The third kappa shape index (κ3) is 1.91. The summed E-state index contributed by atoms with van der Waals surface area (Å²) in [7, 11) is 0. The summed E-state index contributed by atoms with van der Waals surface area (Å²) >= 11 is 0. The Hall–Kier alpha value is -2.44. The van der Waals surface area contributed by atoms with Crippen molar-refractivity contribution >= 4 is 17.7 Å². The summed E-state index contributed by atoms with van der Waals surface area (Å²) in [6, 6.07) is 1.72. The van der Waals surface area contributed by atoms with Gasteiger partial charge in [-0.2, -0.15) is 0 Å². The first-order chi connectivity index (χ1) is 9.50. The maximum atomic E-state index is 12.2. The first-order valence-corrected chi connectivity index (χ1v) is 6.36. The van der Waals surface area contributed by atoms with Crippen LogP contribution in [-0.2, 0) is 4.79 Å². The van der Waals surface area contributed by atoms with Crippen LogP contribution in [-0.4, -0.2) is 36.9 Å². The SMILES string of the molecule is CC1CC(NC(=O)c2cn3cccnc3n2)(C(=O)O)C1. The molecule has 0 unspecified atom stereocenters. The second-order valence-corrected chi connectivity index (χ2v) is 5.31. The van der Waals surface area contributed by atoms with E-state index in [-0.39, 0.29) is 5.69 Å². The van der Waals surface area contributed by atoms with Crippen molar-refractivity contribution in [3.8, 4) is 0 Å². The first kappa shape index (κ1) is 12.6. The zero-order chi connectivity index (χ0) is 14.3. The number of aliphatic carboxylic acids is 1. The Labute approximate surface area is 114 Å². The molecule has 1 fully saturated rings. The molecule has 0 bridgehead atoms. The van der Waals surface area contributed by atoms with E-state index in [0.29, 0.717) is 24.5 Å². The van der Waals surface area contributed by atoms with Crippen LogP contribution >= 0.6 is 0 Å². The van der Waals surface area contributed by atoms with Gasteiger partial charge in [0.05, 0.1) is 0 Å². The van der Waals surface area contributed by atoms with Crippen LogP contribution in [0.5, 0.6) is 0 Å². The van der Waals surface area contributed by atoms with Crippen LogP contribution in [0.4, 0.5) is 0 Å². The van der Waals surface area contributed by atoms with E-state index < -0.39 is 17.4 Å². The molecule has 20 heavy (non-hydrogen) atoms. The smallest absolute Gasteiger partial charge is 0.329 e. The molecule has 3 rings (SSSR count). The van der Waals surface area contributed by atoms with Crippen molar-refractivity contribution in [1.82, 2.24) is 19.7 Å². The Balaban J connectivity index is 1.84. The number of imidazole rings is 1. The molecule has 0 spiro atoms. The molecule has 1 saturated carbocycles. The molecule has 0 aliphatic heterocycles. The van der Waals surface area contributed by atoms with E-state index in [4.69, 9.17) is 0 Å². The zero-order valence-corrected chi connectivity index (χ0v) is 10.9. The third-order valence-corrected chi connectivity index (χ3v) is 3.62. The highest BCUT2D eigenvalue weighted by atomic mass is 16.4. The molecule has 0 radical (unpaired) electrons. The van der Waals surface area contributed by atoms with Gasteiger partial charge in [-0.1, -0.05) is 6.92 Å². The number of hydrogen-bond acceptors (Lipinski definition) is 4. The zero-order valence-electron chi connectivity index (χ0n) is 10.9. The molecule has 1 amide bonds. The van der Waals surface area contributed by atoms with Crippen molar-refractivity contribution in [2.24, 2.45) is 5.92 Å². The van der Waals surface area contributed by atoms with Crippen LogP contribution in [0.15, 0.2) is 24.7 Å². The molecule has 1 aliphatic rings. The fourth-order valence-corrected chi connectivity index (χ4v) is 2.68. The molecule has 104 valence electrons. The summed E-state index contributed by atoms with van der Waals surface area (Å²) in [4.78, 5) is 31.6. The molecule has 7 nitrogen and oxygen atoms in total. The van der Waals surface area contributed by atoms with Gasteiger partial charge in [0.15, 0.2) is 0 Å². The maximum Gasteiger partial charge on any atom is 0.329 e. The number of carbonyl (C=O) groups excluding carboxylic acids is 1.